The minimum absolute atomic E-state index is 0.0725. The largest absolute Gasteiger partial charge is 0.479 e. The normalized spacial score (nSPS) is 16.1. The first-order valence-electron chi connectivity index (χ1n) is 4.58. The fourth-order valence-corrected chi connectivity index (χ4v) is 1.29. The van der Waals surface area contributed by atoms with Crippen LogP contribution in [0.2, 0.25) is 0 Å². The third kappa shape index (κ3) is 3.25. The molecule has 4 nitrogen and oxygen atoms in total. The summed E-state index contributed by atoms with van der Waals surface area (Å²) in [6.45, 7) is 3.02. The molecule has 1 aromatic rings. The summed E-state index contributed by atoms with van der Waals surface area (Å²) in [6, 6.07) is 3.51. The van der Waals surface area contributed by atoms with Crippen LogP contribution in [0.15, 0.2) is 28.4 Å². The third-order valence-corrected chi connectivity index (χ3v) is 2.02. The van der Waals surface area contributed by atoms with Gasteiger partial charge in [0.05, 0.1) is 6.26 Å². The summed E-state index contributed by atoms with van der Waals surface area (Å²) in [5.74, 6) is -0.580. The Hall–Kier alpha value is -1.55. The SMILES string of the molecule is C/C(=C\c1ccco1)CC(C)(O)C(=O)O. The smallest absolute Gasteiger partial charge is 0.335 e. The zero-order valence-electron chi connectivity index (χ0n) is 8.73. The first-order chi connectivity index (χ1) is 6.92. The molecule has 1 heterocycles. The maximum Gasteiger partial charge on any atom is 0.335 e. The van der Waals surface area contributed by atoms with Gasteiger partial charge in [0.1, 0.15) is 5.76 Å². The van der Waals surface area contributed by atoms with Crippen LogP contribution in [-0.2, 0) is 4.79 Å². The van der Waals surface area contributed by atoms with Gasteiger partial charge in [-0.05, 0) is 32.1 Å². The molecule has 0 aromatic carbocycles. The Labute approximate surface area is 87.8 Å². The Bertz CT molecular complexity index is 360. The van der Waals surface area contributed by atoms with Crippen LogP contribution in [0.5, 0.6) is 0 Å². The number of rotatable bonds is 4. The van der Waals surface area contributed by atoms with Crippen LogP contribution in [0.25, 0.3) is 6.08 Å². The fourth-order valence-electron chi connectivity index (χ4n) is 1.29. The van der Waals surface area contributed by atoms with Gasteiger partial charge in [0.25, 0.3) is 0 Å². The lowest BCUT2D eigenvalue weighted by Crippen LogP contribution is -2.34. The topological polar surface area (TPSA) is 70.7 Å². The summed E-state index contributed by atoms with van der Waals surface area (Å²) >= 11 is 0. The van der Waals surface area contributed by atoms with Gasteiger partial charge in [0, 0.05) is 6.42 Å². The van der Waals surface area contributed by atoms with Crippen LogP contribution in [0, 0.1) is 0 Å². The lowest BCUT2D eigenvalue weighted by atomic mass is 9.97. The van der Waals surface area contributed by atoms with Crippen molar-refractivity contribution in [3.63, 3.8) is 0 Å². The predicted octanol–water partition coefficient (Wildman–Crippen LogP) is 1.91. The van der Waals surface area contributed by atoms with E-state index in [-0.39, 0.29) is 6.42 Å². The fraction of sp³-hybridized carbons (Fsp3) is 0.364. The maximum atomic E-state index is 10.7. The monoisotopic (exact) mass is 210 g/mol. The van der Waals surface area contributed by atoms with Crippen LogP contribution in [0.4, 0.5) is 0 Å². The summed E-state index contributed by atoms with van der Waals surface area (Å²) in [4.78, 5) is 10.7. The van der Waals surface area contributed by atoms with Crippen molar-refractivity contribution < 1.29 is 19.4 Å². The van der Waals surface area contributed by atoms with E-state index in [9.17, 15) is 9.90 Å². The number of carboxylic acid groups (broad SMARTS) is 1. The minimum atomic E-state index is -1.73. The van der Waals surface area contributed by atoms with Gasteiger partial charge in [-0.15, -0.1) is 0 Å². The standard InChI is InChI=1S/C11H14O4/c1-8(6-9-4-3-5-15-9)7-11(2,14)10(12)13/h3-6,14H,7H2,1-2H3,(H,12,13)/b8-6+. The molecule has 2 N–H and O–H groups in total. The highest BCUT2D eigenvalue weighted by molar-refractivity contribution is 5.77. The predicted molar refractivity (Wildman–Crippen MR) is 55.2 cm³/mol. The number of furan rings is 1. The van der Waals surface area contributed by atoms with Crippen molar-refractivity contribution in [1.82, 2.24) is 0 Å². The minimum Gasteiger partial charge on any atom is -0.479 e. The van der Waals surface area contributed by atoms with Crippen molar-refractivity contribution in [1.29, 1.82) is 0 Å². The number of carboxylic acids is 1. The second-order valence-electron chi connectivity index (χ2n) is 3.76. The Morgan fingerprint density at radius 2 is 2.33 bits per heavy atom. The molecule has 4 heteroatoms. The van der Waals surface area contributed by atoms with E-state index in [0.717, 1.165) is 5.57 Å². The Morgan fingerprint density at radius 3 is 2.80 bits per heavy atom. The molecular weight excluding hydrogens is 196 g/mol. The molecule has 0 bridgehead atoms. The van der Waals surface area contributed by atoms with Gasteiger partial charge in [0.15, 0.2) is 5.60 Å². The second kappa shape index (κ2) is 4.31. The van der Waals surface area contributed by atoms with Crippen molar-refractivity contribution in [3.8, 4) is 0 Å². The van der Waals surface area contributed by atoms with Gasteiger partial charge < -0.3 is 14.6 Å². The molecule has 1 aromatic heterocycles. The van der Waals surface area contributed by atoms with E-state index in [0.29, 0.717) is 5.76 Å². The van der Waals surface area contributed by atoms with Crippen LogP contribution >= 0.6 is 0 Å². The zero-order valence-corrected chi connectivity index (χ0v) is 8.73. The first-order valence-corrected chi connectivity index (χ1v) is 4.58. The molecule has 15 heavy (non-hydrogen) atoms. The molecule has 0 fully saturated rings. The molecule has 0 spiro atoms. The number of aliphatic carboxylic acids is 1. The van der Waals surface area contributed by atoms with E-state index in [1.807, 2.05) is 0 Å². The highest BCUT2D eigenvalue weighted by Crippen LogP contribution is 2.18. The van der Waals surface area contributed by atoms with E-state index in [1.165, 1.54) is 13.2 Å². The molecule has 0 aliphatic carbocycles. The summed E-state index contributed by atoms with van der Waals surface area (Å²) < 4.78 is 5.07. The number of carbonyl (C=O) groups is 1. The molecule has 1 rings (SSSR count). The summed E-state index contributed by atoms with van der Waals surface area (Å²) in [6.07, 6.45) is 3.31. The zero-order chi connectivity index (χ0) is 11.5. The van der Waals surface area contributed by atoms with Crippen molar-refractivity contribution in [3.05, 3.63) is 29.7 Å². The molecule has 0 saturated carbocycles. The lowest BCUT2D eigenvalue weighted by Gasteiger charge is -2.17. The molecule has 1 atom stereocenters. The lowest BCUT2D eigenvalue weighted by molar-refractivity contribution is -0.156. The van der Waals surface area contributed by atoms with Gasteiger partial charge in [0.2, 0.25) is 0 Å². The van der Waals surface area contributed by atoms with Gasteiger partial charge in [-0.25, -0.2) is 4.79 Å². The average Bonchev–Trinajstić information content (AvgIpc) is 2.54. The summed E-state index contributed by atoms with van der Waals surface area (Å²) in [5.41, 5.74) is -0.981. The van der Waals surface area contributed by atoms with Crippen LogP contribution in [0.3, 0.4) is 0 Å². The molecular formula is C11H14O4. The maximum absolute atomic E-state index is 10.7. The highest BCUT2D eigenvalue weighted by atomic mass is 16.4. The molecule has 0 aliphatic rings. The molecule has 0 saturated heterocycles. The quantitative estimate of drug-likeness (QED) is 0.796. The molecule has 0 amide bonds. The van der Waals surface area contributed by atoms with Gasteiger partial charge in [-0.3, -0.25) is 0 Å². The first kappa shape index (κ1) is 11.5. The summed E-state index contributed by atoms with van der Waals surface area (Å²) in [5, 5.41) is 18.2. The van der Waals surface area contributed by atoms with Crippen LogP contribution in [0.1, 0.15) is 26.0 Å². The van der Waals surface area contributed by atoms with Gasteiger partial charge in [-0.2, -0.15) is 0 Å². The second-order valence-corrected chi connectivity index (χ2v) is 3.76. The van der Waals surface area contributed by atoms with E-state index in [1.54, 1.807) is 25.1 Å². The van der Waals surface area contributed by atoms with Crippen molar-refractivity contribution in [2.75, 3.05) is 0 Å². The molecule has 1 unspecified atom stereocenters. The molecule has 0 radical (unpaired) electrons. The van der Waals surface area contributed by atoms with Crippen LogP contribution in [-0.4, -0.2) is 21.8 Å². The Balaban J connectivity index is 2.71. The van der Waals surface area contributed by atoms with E-state index in [4.69, 9.17) is 9.52 Å². The highest BCUT2D eigenvalue weighted by Gasteiger charge is 2.29. The van der Waals surface area contributed by atoms with E-state index < -0.39 is 11.6 Å². The number of hydrogen-bond donors (Lipinski definition) is 2. The van der Waals surface area contributed by atoms with Gasteiger partial charge >= 0.3 is 5.97 Å². The Kier molecular flexibility index (Phi) is 3.31. The van der Waals surface area contributed by atoms with Crippen LogP contribution < -0.4 is 0 Å². The average molecular weight is 210 g/mol. The number of hydrogen-bond acceptors (Lipinski definition) is 3. The van der Waals surface area contributed by atoms with E-state index in [2.05, 4.69) is 0 Å². The molecule has 82 valence electrons. The Morgan fingerprint density at radius 1 is 1.67 bits per heavy atom. The van der Waals surface area contributed by atoms with Gasteiger partial charge in [-0.1, -0.05) is 5.57 Å². The summed E-state index contributed by atoms with van der Waals surface area (Å²) in [7, 11) is 0. The number of aliphatic hydroxyl groups is 1. The van der Waals surface area contributed by atoms with E-state index >= 15 is 0 Å². The van der Waals surface area contributed by atoms with Crippen molar-refractivity contribution >= 4 is 12.0 Å². The van der Waals surface area contributed by atoms with Crippen molar-refractivity contribution in [2.24, 2.45) is 0 Å². The molecule has 0 aliphatic heterocycles. The third-order valence-electron chi connectivity index (χ3n) is 2.02. The van der Waals surface area contributed by atoms with Crippen molar-refractivity contribution in [2.45, 2.75) is 25.9 Å².